The van der Waals surface area contributed by atoms with Crippen LogP contribution >= 0.6 is 22.7 Å². The monoisotopic (exact) mass is 667 g/mol. The molecule has 5 rings (SSSR count). The fraction of sp³-hybridized carbons (Fsp3) is 0.342. The number of aryl methyl sites for hydroxylation is 3. The van der Waals surface area contributed by atoms with Gasteiger partial charge in [0.25, 0.3) is 12.9 Å². The van der Waals surface area contributed by atoms with Gasteiger partial charge in [-0.3, -0.25) is 19.6 Å². The molecule has 0 radical (unpaired) electrons. The first kappa shape index (κ1) is 34.1. The van der Waals surface area contributed by atoms with Crippen molar-refractivity contribution in [2.45, 2.75) is 85.0 Å². The molecule has 0 spiro atoms. The highest BCUT2D eigenvalue weighted by atomic mass is 32.1. The van der Waals surface area contributed by atoms with E-state index < -0.39 is 0 Å². The lowest BCUT2D eigenvalue weighted by Crippen LogP contribution is -1.97. The molecule has 5 heterocycles. The number of carbonyl (C=O) groups excluding carboxylic acids is 2. The van der Waals surface area contributed by atoms with Crippen molar-refractivity contribution in [2.75, 3.05) is 0 Å². The minimum absolute atomic E-state index is 0.307. The zero-order valence-corrected chi connectivity index (χ0v) is 28.9. The van der Waals surface area contributed by atoms with Gasteiger partial charge in [-0.1, -0.05) is 52.4 Å². The molecular formula is C38H41N3O4S2. The van der Waals surface area contributed by atoms with Crippen molar-refractivity contribution in [1.29, 1.82) is 0 Å². The van der Waals surface area contributed by atoms with Crippen LogP contribution < -0.4 is 9.47 Å². The van der Waals surface area contributed by atoms with E-state index in [0.29, 0.717) is 47.2 Å². The molecule has 0 aromatic carbocycles. The van der Waals surface area contributed by atoms with Crippen molar-refractivity contribution in [2.24, 2.45) is 0 Å². The molecule has 0 amide bonds. The van der Waals surface area contributed by atoms with E-state index in [-0.39, 0.29) is 0 Å². The van der Waals surface area contributed by atoms with Crippen LogP contribution in [0, 0.1) is 6.92 Å². The molecule has 7 nitrogen and oxygen atoms in total. The Balaban J connectivity index is 1.49. The number of aromatic nitrogens is 3. The standard InChI is InChI=1S/C38H41N3O4S2/c1-4-6-8-10-12-27-19-37(46-26(27)3)38-29(13-11-9-7-5-2)20-36(47-38)28-14-16-39-32(18-28)34-22-31(45-25-43)23-35(41-34)33-21-30(44-24-42)15-17-40-33/h14-25H,4-13H2,1-3H3. The van der Waals surface area contributed by atoms with E-state index >= 15 is 0 Å². The highest BCUT2D eigenvalue weighted by molar-refractivity contribution is 7.24. The maximum Gasteiger partial charge on any atom is 0.298 e. The lowest BCUT2D eigenvalue weighted by atomic mass is 10.0. The van der Waals surface area contributed by atoms with Crippen molar-refractivity contribution >= 4 is 35.6 Å². The van der Waals surface area contributed by atoms with E-state index in [0.717, 1.165) is 18.4 Å². The average Bonchev–Trinajstić information content (AvgIpc) is 3.68. The number of rotatable bonds is 18. The number of nitrogens with zero attached hydrogens (tertiary/aromatic N) is 3. The van der Waals surface area contributed by atoms with Gasteiger partial charge in [0.2, 0.25) is 0 Å². The zero-order valence-electron chi connectivity index (χ0n) is 27.3. The second-order valence-corrected chi connectivity index (χ2v) is 13.9. The predicted molar refractivity (Wildman–Crippen MR) is 191 cm³/mol. The average molecular weight is 668 g/mol. The summed E-state index contributed by atoms with van der Waals surface area (Å²) >= 11 is 3.76. The van der Waals surface area contributed by atoms with Crippen LogP contribution in [0.5, 0.6) is 11.5 Å². The van der Waals surface area contributed by atoms with Gasteiger partial charge in [-0.15, -0.1) is 22.7 Å². The number of unbranched alkanes of at least 4 members (excludes halogenated alkanes) is 6. The molecule has 0 bridgehead atoms. The van der Waals surface area contributed by atoms with E-state index in [2.05, 4.69) is 42.9 Å². The normalized spacial score (nSPS) is 11.0. The Morgan fingerprint density at radius 3 is 1.91 bits per heavy atom. The summed E-state index contributed by atoms with van der Waals surface area (Å²) in [7, 11) is 0. The number of hydrogen-bond acceptors (Lipinski definition) is 9. The number of thiophene rings is 2. The molecule has 5 aromatic heterocycles. The molecule has 0 unspecified atom stereocenters. The van der Waals surface area contributed by atoms with Gasteiger partial charge in [0.05, 0.1) is 22.8 Å². The first-order valence-corrected chi connectivity index (χ1v) is 18.0. The third kappa shape index (κ3) is 8.99. The summed E-state index contributed by atoms with van der Waals surface area (Å²) in [6.45, 7) is 7.51. The smallest absolute Gasteiger partial charge is 0.298 e. The van der Waals surface area contributed by atoms with Gasteiger partial charge in [0.15, 0.2) is 0 Å². The SMILES string of the molecule is CCCCCCc1cc(-c2sc(-c3ccnc(-c4cc(OC=O)cc(-c5cc(OC=O)ccn5)n4)c3)cc2CCCCCC)sc1C. The van der Waals surface area contributed by atoms with E-state index in [1.165, 1.54) is 88.2 Å². The maximum atomic E-state index is 11.3. The van der Waals surface area contributed by atoms with Crippen LogP contribution in [0.15, 0.2) is 60.9 Å². The first-order chi connectivity index (χ1) is 23.0. The van der Waals surface area contributed by atoms with Gasteiger partial charge in [-0.05, 0) is 79.6 Å². The summed E-state index contributed by atoms with van der Waals surface area (Å²) in [4.78, 5) is 41.3. The first-order valence-electron chi connectivity index (χ1n) is 16.4. The van der Waals surface area contributed by atoms with Crippen LogP contribution in [0.25, 0.3) is 43.0 Å². The molecule has 244 valence electrons. The molecule has 0 aliphatic rings. The van der Waals surface area contributed by atoms with Crippen LogP contribution in [-0.4, -0.2) is 27.9 Å². The van der Waals surface area contributed by atoms with Crippen molar-refractivity contribution in [3.63, 3.8) is 0 Å². The van der Waals surface area contributed by atoms with E-state index in [4.69, 9.17) is 14.5 Å². The number of hydrogen-bond donors (Lipinski definition) is 0. The minimum atomic E-state index is 0.307. The summed E-state index contributed by atoms with van der Waals surface area (Å²) in [5, 5.41) is 0. The third-order valence-corrected chi connectivity index (χ3v) is 10.6. The Morgan fingerprint density at radius 1 is 0.638 bits per heavy atom. The molecule has 5 aromatic rings. The quantitative estimate of drug-likeness (QED) is 0.0678. The van der Waals surface area contributed by atoms with Gasteiger partial charge in [-0.2, -0.15) is 0 Å². The van der Waals surface area contributed by atoms with Crippen molar-refractivity contribution in [3.8, 4) is 54.5 Å². The molecule has 0 saturated carbocycles. The van der Waals surface area contributed by atoms with Crippen molar-refractivity contribution in [3.05, 3.63) is 76.9 Å². The lowest BCUT2D eigenvalue weighted by Gasteiger charge is -2.09. The summed E-state index contributed by atoms with van der Waals surface area (Å²) < 4.78 is 10.2. The Kier molecular flexibility index (Phi) is 12.4. The fourth-order valence-electron chi connectivity index (χ4n) is 5.63. The second-order valence-electron chi connectivity index (χ2n) is 11.6. The molecule has 0 fully saturated rings. The molecule has 0 aliphatic carbocycles. The Labute approximate surface area is 285 Å². The molecule has 0 N–H and O–H groups in total. The fourth-order valence-corrected chi connectivity index (χ4v) is 8.04. The Hall–Kier alpha value is -4.21. The van der Waals surface area contributed by atoms with Crippen molar-refractivity contribution < 1.29 is 19.1 Å². The predicted octanol–water partition coefficient (Wildman–Crippen LogP) is 10.3. The number of pyridine rings is 3. The molecule has 0 atom stereocenters. The highest BCUT2D eigenvalue weighted by Gasteiger charge is 2.18. The van der Waals surface area contributed by atoms with Crippen molar-refractivity contribution in [1.82, 2.24) is 15.0 Å². The largest absolute Gasteiger partial charge is 0.429 e. The number of ether oxygens (including phenoxy) is 2. The molecule has 0 saturated heterocycles. The maximum absolute atomic E-state index is 11.3. The topological polar surface area (TPSA) is 91.3 Å². The summed E-state index contributed by atoms with van der Waals surface area (Å²) in [6, 6.07) is 15.3. The number of carbonyl (C=O) groups is 2. The van der Waals surface area contributed by atoms with Crippen LogP contribution in [0.1, 0.15) is 81.2 Å². The van der Waals surface area contributed by atoms with Crippen LogP contribution in [-0.2, 0) is 22.4 Å². The van der Waals surface area contributed by atoms with Gasteiger partial charge in [0, 0.05) is 50.1 Å². The molecule has 47 heavy (non-hydrogen) atoms. The van der Waals surface area contributed by atoms with Crippen LogP contribution in [0.3, 0.4) is 0 Å². The van der Waals surface area contributed by atoms with Gasteiger partial charge in [0.1, 0.15) is 11.5 Å². The van der Waals surface area contributed by atoms with E-state index in [1.807, 2.05) is 34.8 Å². The van der Waals surface area contributed by atoms with Gasteiger partial charge >= 0.3 is 0 Å². The highest BCUT2D eigenvalue weighted by Crippen LogP contribution is 2.43. The van der Waals surface area contributed by atoms with Gasteiger partial charge in [-0.25, -0.2) is 4.98 Å². The Bertz CT molecular complexity index is 1800. The van der Waals surface area contributed by atoms with E-state index in [1.54, 1.807) is 30.5 Å². The van der Waals surface area contributed by atoms with E-state index in [9.17, 15) is 9.59 Å². The Morgan fingerprint density at radius 2 is 1.23 bits per heavy atom. The van der Waals surface area contributed by atoms with Crippen LogP contribution in [0.4, 0.5) is 0 Å². The summed E-state index contributed by atoms with van der Waals surface area (Å²) in [6.07, 6.45) is 15.5. The molecular weight excluding hydrogens is 627 g/mol. The van der Waals surface area contributed by atoms with Crippen LogP contribution in [0.2, 0.25) is 0 Å². The summed E-state index contributed by atoms with van der Waals surface area (Å²) in [5.41, 5.74) is 6.03. The summed E-state index contributed by atoms with van der Waals surface area (Å²) in [5.74, 6) is 0.640. The third-order valence-electron chi connectivity index (χ3n) is 8.12. The molecule has 0 aliphatic heterocycles. The lowest BCUT2D eigenvalue weighted by molar-refractivity contribution is -0.121. The zero-order chi connectivity index (χ0) is 33.0. The molecule has 9 heteroatoms. The minimum Gasteiger partial charge on any atom is -0.429 e. The van der Waals surface area contributed by atoms with Gasteiger partial charge < -0.3 is 9.47 Å². The second kappa shape index (κ2) is 17.1.